The van der Waals surface area contributed by atoms with Crippen molar-refractivity contribution in [2.24, 2.45) is 0 Å². The largest absolute Gasteiger partial charge is 0.390 e. The monoisotopic (exact) mass is 292 g/mol. The highest BCUT2D eigenvalue weighted by molar-refractivity contribution is 9.09. The maximum absolute atomic E-state index is 9.81. The van der Waals surface area contributed by atoms with Gasteiger partial charge in [-0.1, -0.05) is 39.7 Å². The number of aliphatic hydroxyl groups is 2. The minimum atomic E-state index is -0.874. The van der Waals surface area contributed by atoms with Crippen LogP contribution in [0.4, 0.5) is 0 Å². The Labute approximate surface area is 103 Å². The maximum atomic E-state index is 9.81. The summed E-state index contributed by atoms with van der Waals surface area (Å²) in [6, 6.07) is 5.31. The minimum Gasteiger partial charge on any atom is -0.390 e. The van der Waals surface area contributed by atoms with Crippen molar-refractivity contribution in [3.63, 3.8) is 0 Å². The lowest BCUT2D eigenvalue weighted by Gasteiger charge is -2.17. The zero-order chi connectivity index (χ0) is 11.4. The summed E-state index contributed by atoms with van der Waals surface area (Å²) in [7, 11) is 0. The molecule has 0 radical (unpaired) electrons. The SMILES string of the molecule is Cc1ccc(C(O)C(O)CCBr)cc1Cl. The molecule has 1 rings (SSSR count). The first-order valence-electron chi connectivity index (χ1n) is 4.74. The zero-order valence-corrected chi connectivity index (χ0v) is 10.8. The van der Waals surface area contributed by atoms with Gasteiger partial charge in [-0.25, -0.2) is 0 Å². The Hall–Kier alpha value is -0.0900. The van der Waals surface area contributed by atoms with Crippen molar-refractivity contribution in [2.45, 2.75) is 25.6 Å². The molecule has 0 amide bonds. The molecular weight excluding hydrogens is 279 g/mol. The fraction of sp³-hybridized carbons (Fsp3) is 0.455. The van der Waals surface area contributed by atoms with Crippen LogP contribution in [0, 0.1) is 6.92 Å². The van der Waals surface area contributed by atoms with Crippen molar-refractivity contribution in [3.8, 4) is 0 Å². The standard InChI is InChI=1S/C11H14BrClO2/c1-7-2-3-8(6-9(7)13)11(15)10(14)4-5-12/h2-3,6,10-11,14-15H,4-5H2,1H3. The van der Waals surface area contributed by atoms with Crippen molar-refractivity contribution < 1.29 is 10.2 Å². The van der Waals surface area contributed by atoms with Gasteiger partial charge in [0.25, 0.3) is 0 Å². The summed E-state index contributed by atoms with van der Waals surface area (Å²) in [6.07, 6.45) is -1.13. The number of aryl methyl sites for hydroxylation is 1. The van der Waals surface area contributed by atoms with Gasteiger partial charge >= 0.3 is 0 Å². The molecule has 84 valence electrons. The molecule has 1 aromatic carbocycles. The van der Waals surface area contributed by atoms with Crippen molar-refractivity contribution in [1.82, 2.24) is 0 Å². The van der Waals surface area contributed by atoms with E-state index in [4.69, 9.17) is 11.6 Å². The Balaban J connectivity index is 2.81. The molecule has 1 aromatic rings. The highest BCUT2D eigenvalue weighted by Crippen LogP contribution is 2.24. The molecule has 0 saturated carbocycles. The van der Waals surface area contributed by atoms with Gasteiger partial charge in [-0.2, -0.15) is 0 Å². The number of rotatable bonds is 4. The van der Waals surface area contributed by atoms with Crippen LogP contribution in [0.2, 0.25) is 5.02 Å². The third-order valence-corrected chi connectivity index (χ3v) is 3.17. The Kier molecular flexibility index (Phi) is 5.06. The zero-order valence-electron chi connectivity index (χ0n) is 8.45. The normalized spacial score (nSPS) is 15.0. The lowest BCUT2D eigenvalue weighted by Crippen LogP contribution is -2.18. The molecule has 0 aliphatic rings. The van der Waals surface area contributed by atoms with Gasteiger partial charge in [0, 0.05) is 10.4 Å². The van der Waals surface area contributed by atoms with Crippen LogP contribution in [0.15, 0.2) is 18.2 Å². The molecule has 0 aromatic heterocycles. The first kappa shape index (κ1) is 13.0. The van der Waals surface area contributed by atoms with Crippen LogP contribution in [-0.2, 0) is 0 Å². The molecule has 2 nitrogen and oxygen atoms in total. The van der Waals surface area contributed by atoms with E-state index in [1.807, 2.05) is 13.0 Å². The van der Waals surface area contributed by atoms with Crippen LogP contribution < -0.4 is 0 Å². The molecule has 0 aliphatic heterocycles. The predicted molar refractivity (Wildman–Crippen MR) is 65.6 cm³/mol. The highest BCUT2D eigenvalue weighted by Gasteiger charge is 2.17. The summed E-state index contributed by atoms with van der Waals surface area (Å²) in [5.41, 5.74) is 1.61. The van der Waals surface area contributed by atoms with E-state index in [2.05, 4.69) is 15.9 Å². The Morgan fingerprint density at radius 3 is 2.60 bits per heavy atom. The van der Waals surface area contributed by atoms with E-state index in [0.29, 0.717) is 22.3 Å². The van der Waals surface area contributed by atoms with Crippen LogP contribution in [0.5, 0.6) is 0 Å². The van der Waals surface area contributed by atoms with Crippen LogP contribution in [0.1, 0.15) is 23.7 Å². The lowest BCUT2D eigenvalue weighted by molar-refractivity contribution is 0.0173. The van der Waals surface area contributed by atoms with Crippen molar-refractivity contribution in [3.05, 3.63) is 34.3 Å². The number of hydrogen-bond donors (Lipinski definition) is 2. The summed E-state index contributed by atoms with van der Waals surface area (Å²) < 4.78 is 0. The number of hydrogen-bond acceptors (Lipinski definition) is 2. The highest BCUT2D eigenvalue weighted by atomic mass is 79.9. The van der Waals surface area contributed by atoms with Crippen molar-refractivity contribution in [2.75, 3.05) is 5.33 Å². The Morgan fingerprint density at radius 2 is 2.07 bits per heavy atom. The molecule has 15 heavy (non-hydrogen) atoms. The molecule has 0 aliphatic carbocycles. The molecule has 0 fully saturated rings. The molecular formula is C11H14BrClO2. The van der Waals surface area contributed by atoms with Crippen LogP contribution in [0.25, 0.3) is 0 Å². The van der Waals surface area contributed by atoms with Gasteiger partial charge in [0.2, 0.25) is 0 Å². The summed E-state index contributed by atoms with van der Waals surface area (Å²) in [6.45, 7) is 1.90. The quantitative estimate of drug-likeness (QED) is 0.838. The predicted octanol–water partition coefficient (Wildman–Crippen LogP) is 2.83. The van der Waals surface area contributed by atoms with E-state index in [9.17, 15) is 10.2 Å². The van der Waals surface area contributed by atoms with Gasteiger partial charge in [0.05, 0.1) is 6.10 Å². The van der Waals surface area contributed by atoms with E-state index >= 15 is 0 Å². The van der Waals surface area contributed by atoms with Gasteiger partial charge < -0.3 is 10.2 Å². The van der Waals surface area contributed by atoms with Gasteiger partial charge in [-0.05, 0) is 30.5 Å². The third-order valence-electron chi connectivity index (χ3n) is 2.31. The summed E-state index contributed by atoms with van der Waals surface area (Å²) >= 11 is 9.16. The van der Waals surface area contributed by atoms with E-state index in [1.165, 1.54) is 0 Å². The fourth-order valence-electron chi connectivity index (χ4n) is 1.28. The molecule has 2 N–H and O–H groups in total. The topological polar surface area (TPSA) is 40.5 Å². The number of aliphatic hydroxyl groups excluding tert-OH is 2. The Bertz CT molecular complexity index is 330. The van der Waals surface area contributed by atoms with Gasteiger partial charge in [0.15, 0.2) is 0 Å². The van der Waals surface area contributed by atoms with E-state index in [-0.39, 0.29) is 0 Å². The van der Waals surface area contributed by atoms with Gasteiger partial charge in [-0.15, -0.1) is 0 Å². The molecule has 0 spiro atoms. The summed E-state index contributed by atoms with van der Waals surface area (Å²) in [5, 5.41) is 20.7. The second-order valence-corrected chi connectivity index (χ2v) is 4.70. The summed E-state index contributed by atoms with van der Waals surface area (Å²) in [4.78, 5) is 0. The number of halogens is 2. The van der Waals surface area contributed by atoms with E-state index in [1.54, 1.807) is 12.1 Å². The fourth-order valence-corrected chi connectivity index (χ4v) is 1.94. The smallest absolute Gasteiger partial charge is 0.105 e. The summed E-state index contributed by atoms with van der Waals surface area (Å²) in [5.74, 6) is 0. The number of benzene rings is 1. The molecule has 2 atom stereocenters. The van der Waals surface area contributed by atoms with Crippen molar-refractivity contribution in [1.29, 1.82) is 0 Å². The molecule has 4 heteroatoms. The molecule has 0 heterocycles. The molecule has 0 bridgehead atoms. The maximum Gasteiger partial charge on any atom is 0.105 e. The van der Waals surface area contributed by atoms with Crippen LogP contribution in [-0.4, -0.2) is 21.6 Å². The molecule has 0 saturated heterocycles. The van der Waals surface area contributed by atoms with Crippen molar-refractivity contribution >= 4 is 27.5 Å². The van der Waals surface area contributed by atoms with E-state index < -0.39 is 12.2 Å². The minimum absolute atomic E-state index is 0.507. The second-order valence-electron chi connectivity index (χ2n) is 3.50. The average molecular weight is 294 g/mol. The van der Waals surface area contributed by atoms with E-state index in [0.717, 1.165) is 5.56 Å². The lowest BCUT2D eigenvalue weighted by atomic mass is 10.0. The first-order chi connectivity index (χ1) is 7.06. The van der Waals surface area contributed by atoms with Crippen LogP contribution in [0.3, 0.4) is 0 Å². The van der Waals surface area contributed by atoms with Gasteiger partial charge in [0.1, 0.15) is 6.10 Å². The second kappa shape index (κ2) is 5.85. The van der Waals surface area contributed by atoms with Crippen LogP contribution >= 0.6 is 27.5 Å². The Morgan fingerprint density at radius 1 is 1.40 bits per heavy atom. The van der Waals surface area contributed by atoms with Gasteiger partial charge in [-0.3, -0.25) is 0 Å². The first-order valence-corrected chi connectivity index (χ1v) is 6.24. The number of alkyl halides is 1. The molecule has 2 unspecified atom stereocenters. The average Bonchev–Trinajstić information content (AvgIpc) is 2.21. The third kappa shape index (κ3) is 3.45.